The molecule has 0 radical (unpaired) electrons. The first-order valence-electron chi connectivity index (χ1n) is 9.12. The van der Waals surface area contributed by atoms with Gasteiger partial charge in [-0.15, -0.1) is 0 Å². The number of amides is 1. The van der Waals surface area contributed by atoms with Crippen LogP contribution in [0.3, 0.4) is 0 Å². The molecule has 0 spiro atoms. The van der Waals surface area contributed by atoms with Crippen molar-refractivity contribution >= 4 is 29.2 Å². The molecular formula is C21H18ClF2N3O4. The first-order valence-corrected chi connectivity index (χ1v) is 9.50. The van der Waals surface area contributed by atoms with E-state index in [-0.39, 0.29) is 22.2 Å². The third-order valence-electron chi connectivity index (χ3n) is 4.16. The fourth-order valence-electron chi connectivity index (χ4n) is 2.80. The van der Waals surface area contributed by atoms with E-state index in [0.29, 0.717) is 12.2 Å². The summed E-state index contributed by atoms with van der Waals surface area (Å²) in [6.45, 7) is -1.74. The third kappa shape index (κ3) is 5.79. The summed E-state index contributed by atoms with van der Waals surface area (Å²) in [4.78, 5) is 24.6. The highest BCUT2D eigenvalue weighted by Gasteiger charge is 2.23. The van der Waals surface area contributed by atoms with Gasteiger partial charge in [0.2, 0.25) is 0 Å². The van der Waals surface area contributed by atoms with Crippen molar-refractivity contribution in [3.63, 3.8) is 0 Å². The molecule has 0 aliphatic rings. The number of esters is 1. The van der Waals surface area contributed by atoms with Gasteiger partial charge in [-0.1, -0.05) is 54.1 Å². The summed E-state index contributed by atoms with van der Waals surface area (Å²) in [7, 11) is 0. The number of para-hydroxylation sites is 2. The summed E-state index contributed by atoms with van der Waals surface area (Å²) in [5.41, 5.74) is 1.36. The topological polar surface area (TPSA) is 82.5 Å². The van der Waals surface area contributed by atoms with Crippen molar-refractivity contribution in [2.75, 3.05) is 11.9 Å². The highest BCUT2D eigenvalue weighted by molar-refractivity contribution is 6.32. The molecule has 0 bridgehead atoms. The minimum atomic E-state index is -3.05. The third-order valence-corrected chi connectivity index (χ3v) is 4.54. The second-order valence-corrected chi connectivity index (χ2v) is 6.75. The van der Waals surface area contributed by atoms with Crippen LogP contribution in [0.15, 0.2) is 54.6 Å². The Morgan fingerprint density at radius 1 is 1.13 bits per heavy atom. The summed E-state index contributed by atoms with van der Waals surface area (Å²) < 4.78 is 35.8. The maximum Gasteiger partial charge on any atom is 0.387 e. The molecule has 0 saturated heterocycles. The number of aromatic nitrogens is 2. The predicted molar refractivity (Wildman–Crippen MR) is 110 cm³/mol. The zero-order valence-electron chi connectivity index (χ0n) is 16.3. The molecule has 0 aliphatic carbocycles. The Morgan fingerprint density at radius 3 is 2.52 bits per heavy atom. The number of nitrogens with zero attached hydrogens (tertiary/aromatic N) is 2. The SMILES string of the molecule is Cc1nn(Cc2ccccc2)c(Cl)c1C(=O)OCC(=O)Nc1ccccc1OC(F)F. The molecule has 1 N–H and O–H groups in total. The molecule has 31 heavy (non-hydrogen) atoms. The second kappa shape index (κ2) is 10.0. The summed E-state index contributed by atoms with van der Waals surface area (Å²) in [6.07, 6.45) is 0. The van der Waals surface area contributed by atoms with Crippen LogP contribution in [0.25, 0.3) is 0 Å². The Morgan fingerprint density at radius 2 is 1.81 bits per heavy atom. The minimum Gasteiger partial charge on any atom is -0.452 e. The average Bonchev–Trinajstić information content (AvgIpc) is 3.01. The number of hydrogen-bond donors (Lipinski definition) is 1. The first-order chi connectivity index (χ1) is 14.8. The molecule has 2 aromatic carbocycles. The Labute approximate surface area is 181 Å². The lowest BCUT2D eigenvalue weighted by atomic mass is 10.2. The molecule has 0 aliphatic heterocycles. The summed E-state index contributed by atoms with van der Waals surface area (Å²) in [5.74, 6) is -1.77. The molecule has 3 aromatic rings. The van der Waals surface area contributed by atoms with E-state index in [4.69, 9.17) is 16.3 Å². The van der Waals surface area contributed by atoms with Gasteiger partial charge in [-0.2, -0.15) is 13.9 Å². The Bertz CT molecular complexity index is 1070. The Hall–Kier alpha value is -3.46. The van der Waals surface area contributed by atoms with E-state index < -0.39 is 25.1 Å². The number of benzene rings is 2. The van der Waals surface area contributed by atoms with Gasteiger partial charge in [-0.05, 0) is 24.6 Å². The van der Waals surface area contributed by atoms with Crippen molar-refractivity contribution < 1.29 is 27.8 Å². The molecule has 7 nitrogen and oxygen atoms in total. The van der Waals surface area contributed by atoms with Crippen LogP contribution >= 0.6 is 11.6 Å². The predicted octanol–water partition coefficient (Wildman–Crippen LogP) is 4.29. The van der Waals surface area contributed by atoms with E-state index in [1.165, 1.54) is 28.9 Å². The zero-order chi connectivity index (χ0) is 22.4. The molecule has 0 unspecified atom stereocenters. The van der Waals surface area contributed by atoms with E-state index >= 15 is 0 Å². The fraction of sp³-hybridized carbons (Fsp3) is 0.190. The molecule has 1 heterocycles. The van der Waals surface area contributed by atoms with E-state index in [2.05, 4.69) is 15.2 Å². The minimum absolute atomic E-state index is 0.0220. The van der Waals surface area contributed by atoms with Crippen LogP contribution in [0.2, 0.25) is 5.15 Å². The lowest BCUT2D eigenvalue weighted by Crippen LogP contribution is -2.21. The average molecular weight is 450 g/mol. The van der Waals surface area contributed by atoms with Crippen LogP contribution in [0.4, 0.5) is 14.5 Å². The molecular weight excluding hydrogens is 432 g/mol. The summed E-state index contributed by atoms with van der Waals surface area (Å²) in [6, 6.07) is 15.1. The lowest BCUT2D eigenvalue weighted by Gasteiger charge is -2.11. The van der Waals surface area contributed by atoms with Crippen molar-refractivity contribution in [3.8, 4) is 5.75 Å². The zero-order valence-corrected chi connectivity index (χ0v) is 17.1. The molecule has 10 heteroatoms. The van der Waals surface area contributed by atoms with Gasteiger partial charge in [-0.3, -0.25) is 4.79 Å². The van der Waals surface area contributed by atoms with Crippen molar-refractivity contribution in [1.82, 2.24) is 9.78 Å². The van der Waals surface area contributed by atoms with Crippen LogP contribution in [0.5, 0.6) is 5.75 Å². The van der Waals surface area contributed by atoms with Crippen LogP contribution in [-0.4, -0.2) is 34.9 Å². The van der Waals surface area contributed by atoms with Gasteiger partial charge in [0.25, 0.3) is 5.91 Å². The van der Waals surface area contributed by atoms with Gasteiger partial charge in [0, 0.05) is 0 Å². The highest BCUT2D eigenvalue weighted by atomic mass is 35.5. The summed E-state index contributed by atoms with van der Waals surface area (Å²) >= 11 is 6.30. The first kappa shape index (κ1) is 22.2. The smallest absolute Gasteiger partial charge is 0.387 e. The Balaban J connectivity index is 1.63. The van der Waals surface area contributed by atoms with Crippen molar-refractivity contribution in [1.29, 1.82) is 0 Å². The largest absolute Gasteiger partial charge is 0.452 e. The molecule has 1 amide bonds. The number of carbonyl (C=O) groups is 2. The monoisotopic (exact) mass is 449 g/mol. The van der Waals surface area contributed by atoms with E-state index in [9.17, 15) is 18.4 Å². The van der Waals surface area contributed by atoms with Gasteiger partial charge >= 0.3 is 12.6 Å². The van der Waals surface area contributed by atoms with Crippen LogP contribution < -0.4 is 10.1 Å². The van der Waals surface area contributed by atoms with E-state index in [1.54, 1.807) is 6.92 Å². The number of hydrogen-bond acceptors (Lipinski definition) is 5. The van der Waals surface area contributed by atoms with E-state index in [0.717, 1.165) is 5.56 Å². The van der Waals surface area contributed by atoms with Crippen LogP contribution in [0.1, 0.15) is 21.6 Å². The molecule has 0 fully saturated rings. The number of nitrogens with one attached hydrogen (secondary N) is 1. The van der Waals surface area contributed by atoms with Gasteiger partial charge in [0.15, 0.2) is 6.61 Å². The van der Waals surface area contributed by atoms with Crippen molar-refractivity contribution in [3.05, 3.63) is 76.6 Å². The quantitative estimate of drug-likeness (QED) is 0.519. The van der Waals surface area contributed by atoms with Gasteiger partial charge in [0.1, 0.15) is 16.5 Å². The number of ether oxygens (including phenoxy) is 2. The number of anilines is 1. The lowest BCUT2D eigenvalue weighted by molar-refractivity contribution is -0.119. The standard InChI is InChI=1S/C21H18ClF2N3O4/c1-13-18(19(22)27(26-13)11-14-7-3-2-4-8-14)20(29)30-12-17(28)25-15-9-5-6-10-16(15)31-21(23)24/h2-10,21H,11-12H2,1H3,(H,25,28). The van der Waals surface area contributed by atoms with Crippen LogP contribution in [-0.2, 0) is 16.1 Å². The van der Waals surface area contributed by atoms with E-state index in [1.807, 2.05) is 30.3 Å². The van der Waals surface area contributed by atoms with Crippen molar-refractivity contribution in [2.24, 2.45) is 0 Å². The maximum absolute atomic E-state index is 12.5. The van der Waals surface area contributed by atoms with Gasteiger partial charge < -0.3 is 14.8 Å². The number of rotatable bonds is 8. The number of carbonyl (C=O) groups excluding carboxylic acids is 2. The molecule has 1 aromatic heterocycles. The highest BCUT2D eigenvalue weighted by Crippen LogP contribution is 2.26. The summed E-state index contributed by atoms with van der Waals surface area (Å²) in [5, 5.41) is 6.70. The number of alkyl halides is 2. The molecule has 162 valence electrons. The normalized spacial score (nSPS) is 10.7. The van der Waals surface area contributed by atoms with Gasteiger partial charge in [-0.25, -0.2) is 9.48 Å². The molecule has 3 rings (SSSR count). The number of halogens is 3. The van der Waals surface area contributed by atoms with Crippen LogP contribution in [0, 0.1) is 6.92 Å². The molecule has 0 saturated carbocycles. The fourth-order valence-corrected chi connectivity index (χ4v) is 3.12. The Kier molecular flexibility index (Phi) is 7.19. The molecule has 0 atom stereocenters. The van der Waals surface area contributed by atoms with Crippen molar-refractivity contribution in [2.45, 2.75) is 20.1 Å². The van der Waals surface area contributed by atoms with Gasteiger partial charge in [0.05, 0.1) is 17.9 Å². The second-order valence-electron chi connectivity index (χ2n) is 6.39. The number of aryl methyl sites for hydroxylation is 1. The maximum atomic E-state index is 12.5.